The van der Waals surface area contributed by atoms with Gasteiger partial charge in [-0.15, -0.1) is 0 Å². The van der Waals surface area contributed by atoms with Crippen molar-refractivity contribution in [2.24, 2.45) is 11.7 Å². The van der Waals surface area contributed by atoms with Crippen molar-refractivity contribution >= 4 is 27.5 Å². The number of nitrogens with zero attached hydrogens (tertiary/aromatic N) is 1. The molecule has 0 bridgehead atoms. The van der Waals surface area contributed by atoms with Gasteiger partial charge in [0.05, 0.1) is 0 Å². The molecule has 0 aromatic heterocycles. The largest absolute Gasteiger partial charge is 0.371 e. The normalized spacial score (nSPS) is 17.6. The van der Waals surface area contributed by atoms with E-state index in [4.69, 9.17) is 5.73 Å². The first-order chi connectivity index (χ1) is 9.97. The minimum Gasteiger partial charge on any atom is -0.371 e. The Kier molecular flexibility index (Phi) is 5.65. The number of amides is 1. The van der Waals surface area contributed by atoms with Gasteiger partial charge >= 0.3 is 0 Å². The van der Waals surface area contributed by atoms with Gasteiger partial charge in [0.15, 0.2) is 0 Å². The van der Waals surface area contributed by atoms with E-state index in [0.717, 1.165) is 42.5 Å². The van der Waals surface area contributed by atoms with Crippen molar-refractivity contribution in [1.82, 2.24) is 5.32 Å². The van der Waals surface area contributed by atoms with E-state index in [1.807, 2.05) is 6.92 Å². The van der Waals surface area contributed by atoms with Crippen LogP contribution in [0.1, 0.15) is 38.3 Å². The lowest BCUT2D eigenvalue weighted by Gasteiger charge is -2.34. The standard InChI is InChI=1S/C16H24BrN3O/c1-11(18)15-4-3-14(9-16(15)17)20-7-5-13(6-8-20)10-19-12(2)21/h3-4,9,11,13H,5-8,10,18H2,1-2H3,(H,19,21)/t11-/m1/s1. The molecule has 0 spiro atoms. The average Bonchev–Trinajstić information content (AvgIpc) is 2.45. The number of anilines is 1. The van der Waals surface area contributed by atoms with Crippen LogP contribution in [0.25, 0.3) is 0 Å². The highest BCUT2D eigenvalue weighted by atomic mass is 79.9. The predicted molar refractivity (Wildman–Crippen MR) is 90.4 cm³/mol. The molecule has 0 aliphatic carbocycles. The summed E-state index contributed by atoms with van der Waals surface area (Å²) in [5.74, 6) is 0.657. The molecule has 5 heteroatoms. The Labute approximate surface area is 135 Å². The molecule has 1 amide bonds. The lowest BCUT2D eigenvalue weighted by Crippen LogP contribution is -2.38. The predicted octanol–water partition coefficient (Wildman–Crippen LogP) is 2.82. The molecule has 3 N–H and O–H groups in total. The van der Waals surface area contributed by atoms with Crippen LogP contribution in [0.4, 0.5) is 5.69 Å². The zero-order chi connectivity index (χ0) is 15.4. The molecule has 2 rings (SSSR count). The second-order valence-electron chi connectivity index (χ2n) is 5.86. The van der Waals surface area contributed by atoms with E-state index in [1.165, 1.54) is 5.69 Å². The van der Waals surface area contributed by atoms with Gasteiger partial charge in [-0.1, -0.05) is 22.0 Å². The zero-order valence-electron chi connectivity index (χ0n) is 12.7. The van der Waals surface area contributed by atoms with Gasteiger partial charge in [-0.05, 0) is 43.4 Å². The Hall–Kier alpha value is -1.07. The Morgan fingerprint density at radius 1 is 1.48 bits per heavy atom. The van der Waals surface area contributed by atoms with E-state index in [2.05, 4.69) is 44.3 Å². The molecular formula is C16H24BrN3O. The number of rotatable bonds is 4. The van der Waals surface area contributed by atoms with E-state index in [0.29, 0.717) is 5.92 Å². The molecule has 1 aromatic rings. The van der Waals surface area contributed by atoms with Crippen LogP contribution in [-0.2, 0) is 4.79 Å². The Bertz CT molecular complexity index is 496. The molecule has 1 heterocycles. The van der Waals surface area contributed by atoms with Crippen LogP contribution in [0.15, 0.2) is 22.7 Å². The topological polar surface area (TPSA) is 58.4 Å². The maximum atomic E-state index is 11.0. The van der Waals surface area contributed by atoms with E-state index in [1.54, 1.807) is 6.92 Å². The number of hydrogen-bond donors (Lipinski definition) is 2. The van der Waals surface area contributed by atoms with Crippen molar-refractivity contribution in [1.29, 1.82) is 0 Å². The molecule has 1 saturated heterocycles. The first kappa shape index (κ1) is 16.3. The number of nitrogens with one attached hydrogen (secondary N) is 1. The van der Waals surface area contributed by atoms with Crippen LogP contribution in [0.3, 0.4) is 0 Å². The quantitative estimate of drug-likeness (QED) is 0.874. The van der Waals surface area contributed by atoms with Crippen molar-refractivity contribution < 1.29 is 4.79 Å². The molecule has 1 atom stereocenters. The molecular weight excluding hydrogens is 330 g/mol. The average molecular weight is 354 g/mol. The number of halogens is 1. The SMILES string of the molecule is CC(=O)NCC1CCN(c2ccc([C@@H](C)N)c(Br)c2)CC1. The van der Waals surface area contributed by atoms with Gasteiger partial charge in [0.2, 0.25) is 5.91 Å². The van der Waals surface area contributed by atoms with Gasteiger partial charge in [-0.3, -0.25) is 4.79 Å². The van der Waals surface area contributed by atoms with Gasteiger partial charge in [-0.2, -0.15) is 0 Å². The van der Waals surface area contributed by atoms with E-state index in [9.17, 15) is 4.79 Å². The first-order valence-corrected chi connectivity index (χ1v) is 8.31. The fourth-order valence-corrected chi connectivity index (χ4v) is 3.49. The molecule has 1 fully saturated rings. The fourth-order valence-electron chi connectivity index (χ4n) is 2.77. The zero-order valence-corrected chi connectivity index (χ0v) is 14.3. The van der Waals surface area contributed by atoms with Crippen LogP contribution in [0, 0.1) is 5.92 Å². The van der Waals surface area contributed by atoms with E-state index >= 15 is 0 Å². The van der Waals surface area contributed by atoms with Crippen molar-refractivity contribution in [3.8, 4) is 0 Å². The second kappa shape index (κ2) is 7.27. The molecule has 0 unspecified atom stereocenters. The number of nitrogens with two attached hydrogens (primary N) is 1. The summed E-state index contributed by atoms with van der Waals surface area (Å²) in [5, 5.41) is 2.92. The molecule has 21 heavy (non-hydrogen) atoms. The monoisotopic (exact) mass is 353 g/mol. The number of piperidine rings is 1. The first-order valence-electron chi connectivity index (χ1n) is 7.51. The van der Waals surface area contributed by atoms with Crippen LogP contribution in [-0.4, -0.2) is 25.5 Å². The fraction of sp³-hybridized carbons (Fsp3) is 0.562. The van der Waals surface area contributed by atoms with E-state index < -0.39 is 0 Å². The van der Waals surface area contributed by atoms with Crippen molar-refractivity contribution in [3.63, 3.8) is 0 Å². The summed E-state index contributed by atoms with van der Waals surface area (Å²) in [4.78, 5) is 13.4. The van der Waals surface area contributed by atoms with Crippen LogP contribution < -0.4 is 16.0 Å². The molecule has 4 nitrogen and oxygen atoms in total. The van der Waals surface area contributed by atoms with Gasteiger partial charge in [0.25, 0.3) is 0 Å². The molecule has 116 valence electrons. The second-order valence-corrected chi connectivity index (χ2v) is 6.72. The molecule has 1 aliphatic heterocycles. The summed E-state index contributed by atoms with van der Waals surface area (Å²) < 4.78 is 1.08. The third kappa shape index (κ3) is 4.45. The Balaban J connectivity index is 1.93. The summed E-state index contributed by atoms with van der Waals surface area (Å²) >= 11 is 3.61. The Morgan fingerprint density at radius 2 is 2.14 bits per heavy atom. The molecule has 0 saturated carbocycles. The van der Waals surface area contributed by atoms with Crippen molar-refractivity contribution in [2.75, 3.05) is 24.5 Å². The summed E-state index contributed by atoms with van der Waals surface area (Å²) in [7, 11) is 0. The smallest absolute Gasteiger partial charge is 0.216 e. The number of hydrogen-bond acceptors (Lipinski definition) is 3. The summed E-state index contributed by atoms with van der Waals surface area (Å²) in [6.45, 7) is 6.44. The van der Waals surface area contributed by atoms with Gasteiger partial charge < -0.3 is 16.0 Å². The molecule has 0 radical (unpaired) electrons. The third-order valence-corrected chi connectivity index (χ3v) is 4.78. The summed E-state index contributed by atoms with van der Waals surface area (Å²) in [5.41, 5.74) is 8.32. The van der Waals surface area contributed by atoms with Crippen molar-refractivity contribution in [2.45, 2.75) is 32.7 Å². The van der Waals surface area contributed by atoms with Crippen LogP contribution >= 0.6 is 15.9 Å². The minimum atomic E-state index is 0.0387. The molecule has 1 aromatic carbocycles. The maximum absolute atomic E-state index is 11.0. The van der Waals surface area contributed by atoms with Gasteiger partial charge in [-0.25, -0.2) is 0 Å². The lowest BCUT2D eigenvalue weighted by atomic mass is 9.96. The highest BCUT2D eigenvalue weighted by Crippen LogP contribution is 2.29. The summed E-state index contributed by atoms with van der Waals surface area (Å²) in [6.07, 6.45) is 2.24. The van der Waals surface area contributed by atoms with Gasteiger partial charge in [0.1, 0.15) is 0 Å². The van der Waals surface area contributed by atoms with Crippen molar-refractivity contribution in [3.05, 3.63) is 28.2 Å². The Morgan fingerprint density at radius 3 is 2.67 bits per heavy atom. The maximum Gasteiger partial charge on any atom is 0.216 e. The molecule has 1 aliphatic rings. The number of carbonyl (C=O) groups is 1. The minimum absolute atomic E-state index is 0.0387. The number of benzene rings is 1. The van der Waals surface area contributed by atoms with Crippen LogP contribution in [0.5, 0.6) is 0 Å². The van der Waals surface area contributed by atoms with E-state index in [-0.39, 0.29) is 11.9 Å². The lowest BCUT2D eigenvalue weighted by molar-refractivity contribution is -0.119. The number of carbonyl (C=O) groups excluding carboxylic acids is 1. The van der Waals surface area contributed by atoms with Crippen LogP contribution in [0.2, 0.25) is 0 Å². The highest BCUT2D eigenvalue weighted by Gasteiger charge is 2.20. The summed E-state index contributed by atoms with van der Waals surface area (Å²) in [6, 6.07) is 6.45. The highest BCUT2D eigenvalue weighted by molar-refractivity contribution is 9.10. The third-order valence-electron chi connectivity index (χ3n) is 4.09. The van der Waals surface area contributed by atoms with Gasteiger partial charge in [0, 0.05) is 42.8 Å².